The zero-order valence-corrected chi connectivity index (χ0v) is 22.9. The molecule has 2 heterocycles. The summed E-state index contributed by atoms with van der Waals surface area (Å²) in [5, 5.41) is 0. The standard InChI is InChI=1S/C32H35N3O4/c1-32(2,3)39-31(37)35-18-16-34(17-19-35)15-8-20-38-25-12-13-26-27(21-25)30(36)29(24-11-7-14-33-22-24)28(26)23-9-5-4-6-10-23/h4-7,9-14,21-22H,8,15-20H2,1-3H3. The number of pyridine rings is 1. The maximum absolute atomic E-state index is 13.6. The number of hydrogen-bond acceptors (Lipinski definition) is 6. The smallest absolute Gasteiger partial charge is 0.410 e. The van der Waals surface area contributed by atoms with Crippen LogP contribution in [0.4, 0.5) is 4.79 Å². The number of carbonyl (C=O) groups is 2. The summed E-state index contributed by atoms with van der Waals surface area (Å²) in [5.74, 6) is 0.682. The van der Waals surface area contributed by atoms with Crippen molar-refractivity contribution >= 4 is 23.0 Å². The molecule has 39 heavy (non-hydrogen) atoms. The van der Waals surface area contributed by atoms with E-state index in [0.29, 0.717) is 36.6 Å². The lowest BCUT2D eigenvalue weighted by Gasteiger charge is -2.35. The summed E-state index contributed by atoms with van der Waals surface area (Å²) >= 11 is 0. The number of rotatable bonds is 7. The third-order valence-corrected chi connectivity index (χ3v) is 6.91. The minimum atomic E-state index is -0.479. The van der Waals surface area contributed by atoms with Crippen molar-refractivity contribution in [2.24, 2.45) is 0 Å². The van der Waals surface area contributed by atoms with E-state index in [1.807, 2.05) is 81.4 Å². The minimum absolute atomic E-state index is 0.00911. The summed E-state index contributed by atoms with van der Waals surface area (Å²) in [4.78, 5) is 34.3. The van der Waals surface area contributed by atoms with Crippen LogP contribution in [0.5, 0.6) is 5.75 Å². The van der Waals surface area contributed by atoms with Crippen molar-refractivity contribution in [2.75, 3.05) is 39.3 Å². The monoisotopic (exact) mass is 525 g/mol. The normalized spacial score (nSPS) is 15.9. The molecule has 5 rings (SSSR count). The van der Waals surface area contributed by atoms with Gasteiger partial charge < -0.3 is 14.4 Å². The van der Waals surface area contributed by atoms with Crippen LogP contribution in [0, 0.1) is 0 Å². The van der Waals surface area contributed by atoms with Gasteiger partial charge in [0.25, 0.3) is 0 Å². The Hall–Kier alpha value is -3.97. The van der Waals surface area contributed by atoms with E-state index in [-0.39, 0.29) is 11.9 Å². The van der Waals surface area contributed by atoms with Gasteiger partial charge in [0.15, 0.2) is 5.78 Å². The maximum atomic E-state index is 13.6. The number of amides is 1. The second kappa shape index (κ2) is 11.4. The number of aromatic nitrogens is 1. The molecule has 1 fully saturated rings. The van der Waals surface area contributed by atoms with Crippen LogP contribution in [0.2, 0.25) is 0 Å². The Kier molecular flexibility index (Phi) is 7.79. The molecule has 1 aliphatic heterocycles. The average Bonchev–Trinajstić information content (AvgIpc) is 3.23. The molecule has 0 atom stereocenters. The van der Waals surface area contributed by atoms with Crippen LogP contribution in [0.25, 0.3) is 11.1 Å². The van der Waals surface area contributed by atoms with Crippen LogP contribution in [0.1, 0.15) is 54.2 Å². The summed E-state index contributed by atoms with van der Waals surface area (Å²) in [7, 11) is 0. The van der Waals surface area contributed by atoms with Crippen LogP contribution in [0.3, 0.4) is 0 Å². The van der Waals surface area contributed by atoms with E-state index in [2.05, 4.69) is 9.88 Å². The molecule has 2 aromatic carbocycles. The van der Waals surface area contributed by atoms with E-state index in [0.717, 1.165) is 48.3 Å². The second-order valence-electron chi connectivity index (χ2n) is 10.9. The molecule has 0 radical (unpaired) electrons. The molecule has 0 bridgehead atoms. The van der Waals surface area contributed by atoms with E-state index < -0.39 is 5.60 Å². The molecule has 0 spiro atoms. The van der Waals surface area contributed by atoms with Gasteiger partial charge in [-0.05, 0) is 62.6 Å². The zero-order chi connectivity index (χ0) is 27.4. The van der Waals surface area contributed by atoms with Gasteiger partial charge >= 0.3 is 6.09 Å². The molecule has 7 nitrogen and oxygen atoms in total. The number of nitrogens with zero attached hydrogens (tertiary/aromatic N) is 3. The Labute approximate surface area is 230 Å². The first-order chi connectivity index (χ1) is 18.8. The highest BCUT2D eigenvalue weighted by atomic mass is 16.6. The molecule has 1 aliphatic carbocycles. The molecule has 3 aromatic rings. The summed E-state index contributed by atoms with van der Waals surface area (Å²) in [6.45, 7) is 10.1. The van der Waals surface area contributed by atoms with Crippen molar-refractivity contribution in [2.45, 2.75) is 32.8 Å². The number of piperazine rings is 1. The molecule has 0 N–H and O–H groups in total. The van der Waals surface area contributed by atoms with Crippen molar-refractivity contribution in [3.8, 4) is 5.75 Å². The van der Waals surface area contributed by atoms with Gasteiger partial charge in [-0.1, -0.05) is 36.4 Å². The van der Waals surface area contributed by atoms with Gasteiger partial charge in [0, 0.05) is 67.4 Å². The molecular formula is C32H35N3O4. The minimum Gasteiger partial charge on any atom is -0.494 e. The predicted octanol–water partition coefficient (Wildman–Crippen LogP) is 5.56. The number of allylic oxidation sites excluding steroid dienone is 1. The third-order valence-electron chi connectivity index (χ3n) is 6.91. The first kappa shape index (κ1) is 26.6. The van der Waals surface area contributed by atoms with Crippen LogP contribution < -0.4 is 4.74 Å². The number of Topliss-reactive ketones (excluding diaryl/α,β-unsaturated/α-hetero) is 1. The summed E-state index contributed by atoms with van der Waals surface area (Å²) in [5.41, 5.74) is 4.51. The molecule has 1 saturated heterocycles. The Balaban J connectivity index is 1.19. The predicted molar refractivity (Wildman–Crippen MR) is 152 cm³/mol. The molecule has 2 aliphatic rings. The lowest BCUT2D eigenvalue weighted by atomic mass is 9.95. The summed E-state index contributed by atoms with van der Waals surface area (Å²) in [6, 6.07) is 19.6. The first-order valence-electron chi connectivity index (χ1n) is 13.5. The van der Waals surface area contributed by atoms with Crippen LogP contribution in [-0.2, 0) is 4.74 Å². The van der Waals surface area contributed by atoms with Crippen molar-refractivity contribution in [1.82, 2.24) is 14.8 Å². The zero-order valence-electron chi connectivity index (χ0n) is 22.9. The average molecular weight is 526 g/mol. The lowest BCUT2D eigenvalue weighted by Crippen LogP contribution is -2.50. The highest BCUT2D eigenvalue weighted by Crippen LogP contribution is 2.43. The Morgan fingerprint density at radius 2 is 1.64 bits per heavy atom. The molecular weight excluding hydrogens is 490 g/mol. The number of ether oxygens (including phenoxy) is 2. The van der Waals surface area contributed by atoms with Crippen molar-refractivity contribution in [3.63, 3.8) is 0 Å². The number of fused-ring (bicyclic) bond motifs is 1. The van der Waals surface area contributed by atoms with Crippen LogP contribution >= 0.6 is 0 Å². The van der Waals surface area contributed by atoms with Gasteiger partial charge in [-0.15, -0.1) is 0 Å². The molecule has 1 amide bonds. The van der Waals surface area contributed by atoms with Gasteiger partial charge in [0.1, 0.15) is 11.4 Å². The third kappa shape index (κ3) is 6.20. The fourth-order valence-electron chi connectivity index (χ4n) is 5.05. The van der Waals surface area contributed by atoms with E-state index in [1.54, 1.807) is 17.3 Å². The van der Waals surface area contributed by atoms with Crippen molar-refractivity contribution < 1.29 is 19.1 Å². The Morgan fingerprint density at radius 3 is 2.33 bits per heavy atom. The fourth-order valence-corrected chi connectivity index (χ4v) is 5.05. The molecule has 7 heteroatoms. The highest BCUT2D eigenvalue weighted by Gasteiger charge is 2.32. The molecule has 0 unspecified atom stereocenters. The Morgan fingerprint density at radius 1 is 0.897 bits per heavy atom. The van der Waals surface area contributed by atoms with Crippen LogP contribution in [-0.4, -0.2) is 71.6 Å². The SMILES string of the molecule is CC(C)(C)OC(=O)N1CCN(CCCOc2ccc3c(c2)C(=O)C(c2cccnc2)=C3c2ccccc2)CC1. The number of ketones is 1. The second-order valence-corrected chi connectivity index (χ2v) is 10.9. The fraction of sp³-hybridized carbons (Fsp3) is 0.344. The highest BCUT2D eigenvalue weighted by molar-refractivity contribution is 6.41. The van der Waals surface area contributed by atoms with Gasteiger partial charge in [-0.2, -0.15) is 0 Å². The van der Waals surface area contributed by atoms with E-state index in [9.17, 15) is 9.59 Å². The van der Waals surface area contributed by atoms with Crippen LogP contribution in [0.15, 0.2) is 73.1 Å². The summed E-state index contributed by atoms with van der Waals surface area (Å²) < 4.78 is 11.6. The number of hydrogen-bond donors (Lipinski definition) is 0. The van der Waals surface area contributed by atoms with E-state index in [1.165, 1.54) is 0 Å². The summed E-state index contributed by atoms with van der Waals surface area (Å²) in [6.07, 6.45) is 4.07. The van der Waals surface area contributed by atoms with Crippen molar-refractivity contribution in [3.05, 3.63) is 95.3 Å². The maximum Gasteiger partial charge on any atom is 0.410 e. The molecule has 0 saturated carbocycles. The largest absolute Gasteiger partial charge is 0.494 e. The van der Waals surface area contributed by atoms with Gasteiger partial charge in [-0.25, -0.2) is 4.79 Å². The first-order valence-corrected chi connectivity index (χ1v) is 13.5. The molecule has 202 valence electrons. The van der Waals surface area contributed by atoms with E-state index in [4.69, 9.17) is 9.47 Å². The Bertz CT molecular complexity index is 1360. The van der Waals surface area contributed by atoms with Gasteiger partial charge in [0.2, 0.25) is 0 Å². The number of carbonyl (C=O) groups excluding carboxylic acids is 2. The molecule has 1 aromatic heterocycles. The topological polar surface area (TPSA) is 72.0 Å². The van der Waals surface area contributed by atoms with Gasteiger partial charge in [-0.3, -0.25) is 14.7 Å². The number of benzene rings is 2. The lowest BCUT2D eigenvalue weighted by molar-refractivity contribution is 0.0142. The van der Waals surface area contributed by atoms with Gasteiger partial charge in [0.05, 0.1) is 6.61 Å². The van der Waals surface area contributed by atoms with Crippen molar-refractivity contribution in [1.29, 1.82) is 0 Å². The quantitative estimate of drug-likeness (QED) is 0.376. The van der Waals surface area contributed by atoms with E-state index >= 15 is 0 Å².